The van der Waals surface area contributed by atoms with Crippen LogP contribution in [-0.4, -0.2) is 25.3 Å². The van der Waals surface area contributed by atoms with E-state index in [1.165, 1.54) is 0 Å². The molecule has 0 aromatic heterocycles. The van der Waals surface area contributed by atoms with E-state index in [1.807, 2.05) is 30.3 Å². The van der Waals surface area contributed by atoms with Gasteiger partial charge in [-0.25, -0.2) is 4.79 Å². The number of ether oxygens (including phenoxy) is 3. The first-order valence-corrected chi connectivity index (χ1v) is 7.71. The van der Waals surface area contributed by atoms with Crippen LogP contribution < -0.4 is 0 Å². The summed E-state index contributed by atoms with van der Waals surface area (Å²) >= 11 is 0. The first-order valence-electron chi connectivity index (χ1n) is 7.71. The summed E-state index contributed by atoms with van der Waals surface area (Å²) in [5.41, 5.74) is 0.947. The van der Waals surface area contributed by atoms with E-state index < -0.39 is 6.16 Å². The fourth-order valence-electron chi connectivity index (χ4n) is 1.73. The zero-order valence-electron chi connectivity index (χ0n) is 13.1. The molecule has 1 aromatic rings. The van der Waals surface area contributed by atoms with E-state index in [0.29, 0.717) is 13.0 Å². The van der Waals surface area contributed by atoms with Gasteiger partial charge in [-0.05, 0) is 18.4 Å². The second-order valence-corrected chi connectivity index (χ2v) is 4.90. The van der Waals surface area contributed by atoms with Crippen LogP contribution in [0.1, 0.15) is 44.6 Å². The molecule has 5 nitrogen and oxygen atoms in total. The average molecular weight is 308 g/mol. The average Bonchev–Trinajstić information content (AvgIpc) is 2.55. The summed E-state index contributed by atoms with van der Waals surface area (Å²) in [7, 11) is 0. The molecule has 0 bridgehead atoms. The van der Waals surface area contributed by atoms with E-state index in [1.54, 1.807) is 0 Å². The van der Waals surface area contributed by atoms with Gasteiger partial charge < -0.3 is 14.2 Å². The molecule has 1 aromatic carbocycles. The molecule has 0 saturated heterocycles. The molecular formula is C17H24O5. The van der Waals surface area contributed by atoms with Crippen LogP contribution in [0, 0.1) is 0 Å². The first kappa shape index (κ1) is 18.0. The lowest BCUT2D eigenvalue weighted by Crippen LogP contribution is -2.11. The smallest absolute Gasteiger partial charge is 0.461 e. The number of unbranched alkanes of at least 4 members (excludes halogenated alkanes) is 2. The third-order valence-electron chi connectivity index (χ3n) is 2.96. The zero-order valence-corrected chi connectivity index (χ0v) is 13.1. The molecule has 0 aliphatic carbocycles. The second-order valence-electron chi connectivity index (χ2n) is 4.90. The number of carbonyl (C=O) groups excluding carboxylic acids is 2. The molecule has 0 aliphatic rings. The SMILES string of the molecule is CCCCCOC(=O)OCCCC(=O)OCc1ccccc1. The predicted octanol–water partition coefficient (Wildman–Crippen LogP) is 3.85. The summed E-state index contributed by atoms with van der Waals surface area (Å²) in [5, 5.41) is 0. The normalized spacial score (nSPS) is 10.0. The highest BCUT2D eigenvalue weighted by Gasteiger charge is 2.06. The molecule has 0 saturated carbocycles. The van der Waals surface area contributed by atoms with Crippen molar-refractivity contribution in [3.63, 3.8) is 0 Å². The number of carbonyl (C=O) groups is 2. The number of rotatable bonds is 10. The van der Waals surface area contributed by atoms with Gasteiger partial charge in [0, 0.05) is 6.42 Å². The van der Waals surface area contributed by atoms with Gasteiger partial charge in [0.2, 0.25) is 0 Å². The molecule has 1 rings (SSSR count). The van der Waals surface area contributed by atoms with Crippen molar-refractivity contribution >= 4 is 12.1 Å². The highest BCUT2D eigenvalue weighted by atomic mass is 16.7. The largest absolute Gasteiger partial charge is 0.508 e. The van der Waals surface area contributed by atoms with Gasteiger partial charge in [-0.1, -0.05) is 50.1 Å². The molecule has 0 atom stereocenters. The Kier molecular flexibility index (Phi) is 9.50. The fourth-order valence-corrected chi connectivity index (χ4v) is 1.73. The van der Waals surface area contributed by atoms with Gasteiger partial charge in [0.1, 0.15) is 6.61 Å². The van der Waals surface area contributed by atoms with Crippen LogP contribution in [-0.2, 0) is 25.6 Å². The predicted molar refractivity (Wildman–Crippen MR) is 82.3 cm³/mol. The lowest BCUT2D eigenvalue weighted by molar-refractivity contribution is -0.145. The molecule has 5 heteroatoms. The summed E-state index contributed by atoms with van der Waals surface area (Å²) < 4.78 is 14.9. The lowest BCUT2D eigenvalue weighted by Gasteiger charge is -2.06. The van der Waals surface area contributed by atoms with E-state index in [-0.39, 0.29) is 25.6 Å². The van der Waals surface area contributed by atoms with E-state index >= 15 is 0 Å². The van der Waals surface area contributed by atoms with Crippen molar-refractivity contribution in [3.8, 4) is 0 Å². The maximum absolute atomic E-state index is 11.5. The summed E-state index contributed by atoms with van der Waals surface area (Å²) in [5.74, 6) is -0.302. The Labute approximate surface area is 131 Å². The molecule has 0 unspecified atom stereocenters. The molecular weight excluding hydrogens is 284 g/mol. The van der Waals surface area contributed by atoms with Crippen LogP contribution in [0.3, 0.4) is 0 Å². The van der Waals surface area contributed by atoms with Crippen molar-refractivity contribution < 1.29 is 23.8 Å². The van der Waals surface area contributed by atoms with Crippen molar-refractivity contribution in [2.24, 2.45) is 0 Å². The van der Waals surface area contributed by atoms with Gasteiger partial charge in [0.15, 0.2) is 0 Å². The fraction of sp³-hybridized carbons (Fsp3) is 0.529. The minimum absolute atomic E-state index is 0.160. The first-order chi connectivity index (χ1) is 10.7. The molecule has 0 radical (unpaired) electrons. The van der Waals surface area contributed by atoms with Crippen molar-refractivity contribution in [1.29, 1.82) is 0 Å². The highest BCUT2D eigenvalue weighted by Crippen LogP contribution is 2.03. The Morgan fingerprint density at radius 1 is 0.909 bits per heavy atom. The quantitative estimate of drug-likeness (QED) is 0.485. The minimum Gasteiger partial charge on any atom is -0.461 e. The molecule has 122 valence electrons. The minimum atomic E-state index is -0.672. The maximum Gasteiger partial charge on any atom is 0.508 e. The maximum atomic E-state index is 11.5. The van der Waals surface area contributed by atoms with Gasteiger partial charge in [-0.3, -0.25) is 4.79 Å². The Balaban J connectivity index is 1.99. The standard InChI is InChI=1S/C17H24O5/c1-2-3-7-12-20-17(19)21-13-8-11-16(18)22-14-15-9-5-4-6-10-15/h4-6,9-10H,2-3,7-8,11-14H2,1H3. The third kappa shape index (κ3) is 9.00. The van der Waals surface area contributed by atoms with Gasteiger partial charge in [-0.2, -0.15) is 0 Å². The van der Waals surface area contributed by atoms with Gasteiger partial charge >= 0.3 is 12.1 Å². The number of hydrogen-bond donors (Lipinski definition) is 0. The summed E-state index contributed by atoms with van der Waals surface area (Å²) in [4.78, 5) is 22.7. The molecule has 0 amide bonds. The second kappa shape index (κ2) is 11.6. The van der Waals surface area contributed by atoms with Gasteiger partial charge in [-0.15, -0.1) is 0 Å². The van der Waals surface area contributed by atoms with E-state index in [0.717, 1.165) is 24.8 Å². The van der Waals surface area contributed by atoms with Crippen LogP contribution in [0.15, 0.2) is 30.3 Å². The third-order valence-corrected chi connectivity index (χ3v) is 2.96. The lowest BCUT2D eigenvalue weighted by atomic mass is 10.2. The summed E-state index contributed by atoms with van der Waals surface area (Å²) in [6, 6.07) is 9.48. The monoisotopic (exact) mass is 308 g/mol. The van der Waals surface area contributed by atoms with E-state index in [2.05, 4.69) is 6.92 Å². The molecule has 0 heterocycles. The summed E-state index contributed by atoms with van der Waals surface area (Å²) in [6.07, 6.45) is 2.92. The highest BCUT2D eigenvalue weighted by molar-refractivity contribution is 5.69. The Bertz CT molecular complexity index is 430. The molecule has 0 N–H and O–H groups in total. The van der Waals surface area contributed by atoms with Crippen LogP contribution in [0.25, 0.3) is 0 Å². The Hall–Kier alpha value is -2.04. The molecule has 0 spiro atoms. The summed E-state index contributed by atoms with van der Waals surface area (Å²) in [6.45, 7) is 2.88. The van der Waals surface area contributed by atoms with Crippen LogP contribution in [0.2, 0.25) is 0 Å². The molecule has 0 aliphatic heterocycles. The van der Waals surface area contributed by atoms with Gasteiger partial charge in [0.05, 0.1) is 13.2 Å². The van der Waals surface area contributed by atoms with Crippen LogP contribution in [0.5, 0.6) is 0 Å². The Morgan fingerprint density at radius 2 is 1.59 bits per heavy atom. The Morgan fingerprint density at radius 3 is 2.27 bits per heavy atom. The van der Waals surface area contributed by atoms with Crippen molar-refractivity contribution in [2.75, 3.05) is 13.2 Å². The van der Waals surface area contributed by atoms with Crippen molar-refractivity contribution in [2.45, 2.75) is 45.6 Å². The number of benzene rings is 1. The van der Waals surface area contributed by atoms with Gasteiger partial charge in [0.25, 0.3) is 0 Å². The zero-order chi connectivity index (χ0) is 16.0. The topological polar surface area (TPSA) is 61.8 Å². The molecule has 0 fully saturated rings. The van der Waals surface area contributed by atoms with Crippen molar-refractivity contribution in [1.82, 2.24) is 0 Å². The van der Waals surface area contributed by atoms with Crippen molar-refractivity contribution in [3.05, 3.63) is 35.9 Å². The van der Waals surface area contributed by atoms with Crippen LogP contribution in [0.4, 0.5) is 4.79 Å². The van der Waals surface area contributed by atoms with Crippen LogP contribution >= 0.6 is 0 Å². The van der Waals surface area contributed by atoms with E-state index in [4.69, 9.17) is 14.2 Å². The van der Waals surface area contributed by atoms with E-state index in [9.17, 15) is 9.59 Å². The number of hydrogen-bond acceptors (Lipinski definition) is 5. The molecule has 22 heavy (non-hydrogen) atoms. The number of esters is 1.